The van der Waals surface area contributed by atoms with Crippen molar-refractivity contribution in [1.82, 2.24) is 0 Å². The fraction of sp³-hybridized carbons (Fsp3) is 0.812. The zero-order valence-electron chi connectivity index (χ0n) is 22.5. The minimum Gasteiger partial charge on any atom is -0.369 e. The average Bonchev–Trinajstić information content (AvgIpc) is 3.41. The Bertz CT molecular complexity index is 883. The molecule has 1 heterocycles. The molecule has 2 heteroatoms. The molecular weight excluding hydrogens is 430 g/mol. The molecule has 6 rings (SSSR count). The third-order valence-corrected chi connectivity index (χ3v) is 13.4. The molecular formula is C32H49NS. The van der Waals surface area contributed by atoms with Crippen LogP contribution in [0.1, 0.15) is 105 Å². The lowest BCUT2D eigenvalue weighted by atomic mass is 9.47. The van der Waals surface area contributed by atoms with Gasteiger partial charge in [0.15, 0.2) is 0 Å². The largest absolute Gasteiger partial charge is 0.369 e. The van der Waals surface area contributed by atoms with Crippen LogP contribution in [0.25, 0.3) is 0 Å². The minimum absolute atomic E-state index is 0.266. The molecule has 4 aliphatic carbocycles. The van der Waals surface area contributed by atoms with Crippen molar-refractivity contribution in [2.24, 2.45) is 52.3 Å². The van der Waals surface area contributed by atoms with Crippen LogP contribution in [-0.2, 0) is 0 Å². The van der Waals surface area contributed by atoms with Gasteiger partial charge in [-0.25, -0.2) is 0 Å². The molecule has 1 aromatic rings. The smallest absolute Gasteiger partial charge is 0.0889 e. The number of nitrogens with one attached hydrogen (secondary N) is 1. The third kappa shape index (κ3) is 3.62. The van der Waals surface area contributed by atoms with Crippen molar-refractivity contribution >= 4 is 17.4 Å². The molecule has 1 aliphatic heterocycles. The standard InChI is InChI=1S/C32H49NS/c1-21(2)9-8-10-22(3)25-15-16-26-24-14-13-23-19-32(33-28-11-6-7-12-29(28)34-32)20-31(23,5)27(24)17-18-30(25,26)4/h6-7,11-12,21-27,33H,8-10,13-20H2,1-5H3/t22-,23+,24-,25+,26+,27-,30-,31+,32+/m1/s1. The average molecular weight is 480 g/mol. The summed E-state index contributed by atoms with van der Waals surface area (Å²) in [5, 5.41) is 4.05. The summed E-state index contributed by atoms with van der Waals surface area (Å²) in [6, 6.07) is 9.06. The second-order valence-electron chi connectivity index (χ2n) is 14.3. The van der Waals surface area contributed by atoms with Crippen molar-refractivity contribution < 1.29 is 0 Å². The quantitative estimate of drug-likeness (QED) is 0.451. The zero-order valence-corrected chi connectivity index (χ0v) is 23.4. The molecule has 1 nitrogen and oxygen atoms in total. The van der Waals surface area contributed by atoms with Gasteiger partial charge in [0.2, 0.25) is 0 Å². The second kappa shape index (κ2) is 8.46. The summed E-state index contributed by atoms with van der Waals surface area (Å²) in [5.41, 5.74) is 2.55. The second-order valence-corrected chi connectivity index (χ2v) is 15.7. The van der Waals surface area contributed by atoms with Crippen LogP contribution in [0.15, 0.2) is 29.2 Å². The highest BCUT2D eigenvalue weighted by Crippen LogP contribution is 2.72. The summed E-state index contributed by atoms with van der Waals surface area (Å²) in [6.07, 6.45) is 16.1. The normalized spacial score (nSPS) is 45.5. The maximum Gasteiger partial charge on any atom is 0.0889 e. The van der Waals surface area contributed by atoms with Crippen molar-refractivity contribution in [1.29, 1.82) is 0 Å². The molecule has 0 aromatic heterocycles. The van der Waals surface area contributed by atoms with Gasteiger partial charge in [0, 0.05) is 10.6 Å². The van der Waals surface area contributed by atoms with Gasteiger partial charge < -0.3 is 5.32 Å². The summed E-state index contributed by atoms with van der Waals surface area (Å²) >= 11 is 2.17. The van der Waals surface area contributed by atoms with E-state index in [0.29, 0.717) is 10.8 Å². The van der Waals surface area contributed by atoms with Crippen molar-refractivity contribution in [2.75, 3.05) is 5.32 Å². The Hall–Kier alpha value is -0.630. The molecule has 1 N–H and O–H groups in total. The Balaban J connectivity index is 1.18. The Morgan fingerprint density at radius 3 is 2.53 bits per heavy atom. The molecule has 4 fully saturated rings. The van der Waals surface area contributed by atoms with Gasteiger partial charge in [-0.1, -0.05) is 77.8 Å². The van der Waals surface area contributed by atoms with E-state index in [-0.39, 0.29) is 4.87 Å². The number of thioether (sulfide) groups is 1. The van der Waals surface area contributed by atoms with Crippen LogP contribution in [0.2, 0.25) is 0 Å². The number of fused-ring (bicyclic) bond motifs is 6. The maximum absolute atomic E-state index is 4.05. The van der Waals surface area contributed by atoms with Gasteiger partial charge in [-0.2, -0.15) is 0 Å². The monoisotopic (exact) mass is 479 g/mol. The Labute approximate surface area is 214 Å². The summed E-state index contributed by atoms with van der Waals surface area (Å²) in [4.78, 5) is 1.75. The summed E-state index contributed by atoms with van der Waals surface area (Å²) in [5.74, 6) is 6.64. The predicted molar refractivity (Wildman–Crippen MR) is 147 cm³/mol. The molecule has 0 radical (unpaired) electrons. The molecule has 5 aliphatic rings. The van der Waals surface area contributed by atoms with Crippen LogP contribution in [0, 0.1) is 52.3 Å². The van der Waals surface area contributed by atoms with E-state index in [2.05, 4.69) is 76.0 Å². The van der Waals surface area contributed by atoms with E-state index in [4.69, 9.17) is 0 Å². The number of hydrogen-bond donors (Lipinski definition) is 1. The first-order valence-corrected chi connectivity index (χ1v) is 15.6. The molecule has 0 saturated heterocycles. The first-order valence-electron chi connectivity index (χ1n) is 14.8. The lowest BCUT2D eigenvalue weighted by Gasteiger charge is -2.58. The zero-order chi connectivity index (χ0) is 23.7. The molecule has 4 saturated carbocycles. The molecule has 188 valence electrons. The number of hydrogen-bond acceptors (Lipinski definition) is 2. The highest BCUT2D eigenvalue weighted by atomic mass is 32.2. The van der Waals surface area contributed by atoms with Gasteiger partial charge in [0.05, 0.1) is 4.87 Å². The SMILES string of the molecule is CC(C)CCC[C@@H](C)[C@@H]1CC[C@H]2[C@H]3CC[C@H]4C[C@]5(C[C@]4(C)[C@@H]3CC[C@@]21C)Nc1ccccc1S5. The van der Waals surface area contributed by atoms with E-state index in [1.807, 2.05) is 0 Å². The molecule has 0 bridgehead atoms. The maximum atomic E-state index is 4.05. The van der Waals surface area contributed by atoms with Crippen molar-refractivity contribution in [3.05, 3.63) is 24.3 Å². The van der Waals surface area contributed by atoms with E-state index in [9.17, 15) is 0 Å². The highest BCUT2D eigenvalue weighted by molar-refractivity contribution is 8.01. The summed E-state index contributed by atoms with van der Waals surface area (Å²) < 4.78 is 0. The van der Waals surface area contributed by atoms with Gasteiger partial charge in [-0.3, -0.25) is 0 Å². The number of benzene rings is 1. The Morgan fingerprint density at radius 1 is 0.941 bits per heavy atom. The summed E-state index contributed by atoms with van der Waals surface area (Å²) in [6.45, 7) is 12.9. The first kappa shape index (κ1) is 23.7. The van der Waals surface area contributed by atoms with E-state index in [1.54, 1.807) is 0 Å². The van der Waals surface area contributed by atoms with Crippen LogP contribution in [-0.4, -0.2) is 4.87 Å². The van der Waals surface area contributed by atoms with Gasteiger partial charge in [0.1, 0.15) is 0 Å². The van der Waals surface area contributed by atoms with E-state index < -0.39 is 0 Å². The third-order valence-electron chi connectivity index (χ3n) is 12.1. The van der Waals surface area contributed by atoms with Crippen molar-refractivity contribution in [2.45, 2.75) is 115 Å². The van der Waals surface area contributed by atoms with Crippen molar-refractivity contribution in [3.63, 3.8) is 0 Å². The number of para-hydroxylation sites is 1. The Kier molecular flexibility index (Phi) is 5.91. The lowest BCUT2D eigenvalue weighted by Crippen LogP contribution is -2.51. The van der Waals surface area contributed by atoms with Gasteiger partial charge >= 0.3 is 0 Å². The molecule has 0 amide bonds. The van der Waals surface area contributed by atoms with Crippen molar-refractivity contribution in [3.8, 4) is 0 Å². The van der Waals surface area contributed by atoms with E-state index in [0.717, 1.165) is 41.4 Å². The molecule has 34 heavy (non-hydrogen) atoms. The van der Waals surface area contributed by atoms with E-state index in [1.165, 1.54) is 81.2 Å². The molecule has 1 aromatic carbocycles. The van der Waals surface area contributed by atoms with Gasteiger partial charge in [-0.15, -0.1) is 0 Å². The fourth-order valence-electron chi connectivity index (χ4n) is 10.6. The summed E-state index contributed by atoms with van der Waals surface area (Å²) in [7, 11) is 0. The van der Waals surface area contributed by atoms with E-state index >= 15 is 0 Å². The van der Waals surface area contributed by atoms with Gasteiger partial charge in [-0.05, 0) is 116 Å². The number of rotatable bonds is 5. The number of anilines is 1. The fourth-order valence-corrected chi connectivity index (χ4v) is 12.2. The Morgan fingerprint density at radius 2 is 1.74 bits per heavy atom. The highest BCUT2D eigenvalue weighted by Gasteiger charge is 2.64. The molecule has 1 spiro atoms. The lowest BCUT2D eigenvalue weighted by molar-refractivity contribution is -0.0903. The first-order chi connectivity index (χ1) is 16.2. The minimum atomic E-state index is 0.266. The van der Waals surface area contributed by atoms with Crippen LogP contribution >= 0.6 is 11.8 Å². The molecule has 9 atom stereocenters. The predicted octanol–water partition coefficient (Wildman–Crippen LogP) is 9.63. The van der Waals surface area contributed by atoms with Gasteiger partial charge in [0.25, 0.3) is 0 Å². The van der Waals surface area contributed by atoms with Crippen LogP contribution in [0.3, 0.4) is 0 Å². The van der Waals surface area contributed by atoms with Crippen LogP contribution in [0.4, 0.5) is 5.69 Å². The van der Waals surface area contributed by atoms with Crippen LogP contribution < -0.4 is 5.32 Å². The topological polar surface area (TPSA) is 12.0 Å². The molecule has 0 unspecified atom stereocenters. The van der Waals surface area contributed by atoms with Crippen LogP contribution in [0.5, 0.6) is 0 Å².